The average Bonchev–Trinajstić information content (AvgIpc) is 3.57. The second-order valence-corrected chi connectivity index (χ2v) is 10.7. The van der Waals surface area contributed by atoms with Gasteiger partial charge in [-0.05, 0) is 25.0 Å². The summed E-state index contributed by atoms with van der Waals surface area (Å²) in [7, 11) is 1.51. The molecule has 13 heteroatoms. The van der Waals surface area contributed by atoms with Crippen LogP contribution in [0.25, 0.3) is 0 Å². The number of aromatic nitrogens is 3. The normalized spacial score (nSPS) is 17.9. The summed E-state index contributed by atoms with van der Waals surface area (Å²) in [5, 5.41) is 8.62. The zero-order chi connectivity index (χ0) is 25.9. The summed E-state index contributed by atoms with van der Waals surface area (Å²) in [6.45, 7) is 1.18. The van der Waals surface area contributed by atoms with Gasteiger partial charge in [-0.3, -0.25) is 4.79 Å². The summed E-state index contributed by atoms with van der Waals surface area (Å²) < 4.78 is 10.6. The van der Waals surface area contributed by atoms with Crippen LogP contribution in [0.1, 0.15) is 47.5 Å². The highest BCUT2D eigenvalue weighted by molar-refractivity contribution is 7.10. The van der Waals surface area contributed by atoms with Gasteiger partial charge in [0, 0.05) is 41.4 Å². The van der Waals surface area contributed by atoms with Gasteiger partial charge in [-0.15, -0.1) is 11.3 Å². The lowest BCUT2D eigenvalue weighted by atomic mass is 9.97. The second kappa shape index (κ2) is 11.4. The Kier molecular flexibility index (Phi) is 7.99. The van der Waals surface area contributed by atoms with Crippen LogP contribution in [0, 0.1) is 0 Å². The average molecular weight is 583 g/mol. The molecule has 0 radical (unpaired) electrons. The number of piperidine rings is 1. The van der Waals surface area contributed by atoms with E-state index in [1.165, 1.54) is 13.4 Å². The van der Waals surface area contributed by atoms with Crippen LogP contribution in [0.4, 0.5) is 0 Å². The molecule has 1 unspecified atom stereocenters. The first-order valence-electron chi connectivity index (χ1n) is 11.5. The highest BCUT2D eigenvalue weighted by Crippen LogP contribution is 2.40. The van der Waals surface area contributed by atoms with Crippen LogP contribution in [0.2, 0.25) is 15.1 Å². The first-order chi connectivity index (χ1) is 17.9. The maximum atomic E-state index is 12.6. The van der Waals surface area contributed by atoms with E-state index in [0.717, 1.165) is 29.3 Å². The third kappa shape index (κ3) is 5.93. The molecule has 5 rings (SSSR count). The molecule has 0 aliphatic carbocycles. The summed E-state index contributed by atoms with van der Waals surface area (Å²) in [6, 6.07) is 4.83. The van der Waals surface area contributed by atoms with Crippen molar-refractivity contribution in [2.45, 2.75) is 31.3 Å². The molecule has 9 nitrogen and oxygen atoms in total. The summed E-state index contributed by atoms with van der Waals surface area (Å²) in [6.07, 6.45) is 3.09. The fraction of sp³-hybridized carbons (Fsp3) is 0.375. The van der Waals surface area contributed by atoms with Crippen molar-refractivity contribution in [3.8, 4) is 11.8 Å². The van der Waals surface area contributed by atoms with Crippen molar-refractivity contribution in [2.24, 2.45) is 5.16 Å². The number of rotatable bonds is 7. The van der Waals surface area contributed by atoms with Crippen molar-refractivity contribution >= 4 is 57.8 Å². The summed E-state index contributed by atoms with van der Waals surface area (Å²) in [5.74, 6) is 0.865. The molecule has 0 spiro atoms. The Morgan fingerprint density at radius 2 is 1.86 bits per heavy atom. The first-order valence-corrected chi connectivity index (χ1v) is 13.5. The van der Waals surface area contributed by atoms with Gasteiger partial charge in [-0.2, -0.15) is 0 Å². The van der Waals surface area contributed by atoms with Crippen LogP contribution in [0.15, 0.2) is 35.1 Å². The van der Waals surface area contributed by atoms with Crippen molar-refractivity contribution in [1.29, 1.82) is 0 Å². The number of carbonyl (C=O) groups excluding carboxylic acids is 1. The van der Waals surface area contributed by atoms with Gasteiger partial charge in [0.2, 0.25) is 11.8 Å². The Balaban J connectivity index is 1.13. The number of oxime groups is 1. The molecule has 37 heavy (non-hydrogen) atoms. The van der Waals surface area contributed by atoms with E-state index >= 15 is 0 Å². The molecule has 1 fully saturated rings. The molecule has 1 saturated heterocycles. The Morgan fingerprint density at radius 3 is 2.59 bits per heavy atom. The number of thiazole rings is 1. The van der Waals surface area contributed by atoms with Crippen molar-refractivity contribution in [3.05, 3.63) is 61.2 Å². The minimum absolute atomic E-state index is 0.0844. The quantitative estimate of drug-likeness (QED) is 0.360. The lowest BCUT2D eigenvalue weighted by molar-refractivity contribution is -0.134. The SMILES string of the molecule is COc1cc(OCC(=O)N2CCC(c3nc(C4=NOC(c5c(Cl)cc(Cl)cc5Cl)C4)cs3)CC2)ncn1. The van der Waals surface area contributed by atoms with E-state index in [1.54, 1.807) is 29.5 Å². The smallest absolute Gasteiger partial charge is 0.260 e. The fourth-order valence-electron chi connectivity index (χ4n) is 4.27. The fourth-order valence-corrected chi connectivity index (χ4v) is 6.33. The molecule has 3 aromatic rings. The van der Waals surface area contributed by atoms with Gasteiger partial charge in [0.15, 0.2) is 12.7 Å². The van der Waals surface area contributed by atoms with E-state index in [-0.39, 0.29) is 18.4 Å². The summed E-state index contributed by atoms with van der Waals surface area (Å²) >= 11 is 20.3. The van der Waals surface area contributed by atoms with Gasteiger partial charge in [-0.1, -0.05) is 40.0 Å². The van der Waals surface area contributed by atoms with E-state index in [1.807, 2.05) is 10.3 Å². The molecule has 2 aliphatic rings. The third-order valence-corrected chi connectivity index (χ3v) is 8.07. The minimum atomic E-state index is -0.391. The summed E-state index contributed by atoms with van der Waals surface area (Å²) in [5.41, 5.74) is 2.21. The first kappa shape index (κ1) is 26.0. The Morgan fingerprint density at radius 1 is 1.14 bits per heavy atom. The van der Waals surface area contributed by atoms with E-state index in [4.69, 9.17) is 54.1 Å². The number of benzene rings is 1. The highest BCUT2D eigenvalue weighted by Gasteiger charge is 2.31. The van der Waals surface area contributed by atoms with Gasteiger partial charge in [0.1, 0.15) is 12.0 Å². The van der Waals surface area contributed by atoms with Gasteiger partial charge in [0.05, 0.1) is 33.9 Å². The number of likely N-dealkylation sites (tertiary alicyclic amines) is 1. The van der Waals surface area contributed by atoms with Crippen molar-refractivity contribution in [2.75, 3.05) is 26.8 Å². The molecule has 1 atom stereocenters. The number of nitrogens with zero attached hydrogens (tertiary/aromatic N) is 5. The van der Waals surface area contributed by atoms with Crippen molar-refractivity contribution < 1.29 is 19.1 Å². The van der Waals surface area contributed by atoms with Crippen LogP contribution in [-0.2, 0) is 9.63 Å². The van der Waals surface area contributed by atoms with Gasteiger partial charge >= 0.3 is 0 Å². The van der Waals surface area contributed by atoms with E-state index in [2.05, 4.69) is 15.1 Å². The van der Waals surface area contributed by atoms with Gasteiger partial charge in [0.25, 0.3) is 5.91 Å². The van der Waals surface area contributed by atoms with E-state index in [0.29, 0.717) is 51.9 Å². The number of carbonyl (C=O) groups is 1. The van der Waals surface area contributed by atoms with E-state index < -0.39 is 6.10 Å². The van der Waals surface area contributed by atoms with Crippen LogP contribution in [0.5, 0.6) is 11.8 Å². The molecule has 2 aromatic heterocycles. The molecule has 2 aliphatic heterocycles. The number of amides is 1. The predicted molar refractivity (Wildman–Crippen MR) is 141 cm³/mol. The van der Waals surface area contributed by atoms with Crippen molar-refractivity contribution in [1.82, 2.24) is 19.9 Å². The molecule has 4 heterocycles. The molecule has 0 N–H and O–H groups in total. The largest absolute Gasteiger partial charge is 0.481 e. The van der Waals surface area contributed by atoms with Crippen LogP contribution >= 0.6 is 46.1 Å². The lowest BCUT2D eigenvalue weighted by Gasteiger charge is -2.31. The maximum Gasteiger partial charge on any atom is 0.260 e. The van der Waals surface area contributed by atoms with Gasteiger partial charge < -0.3 is 19.2 Å². The Bertz CT molecular complexity index is 1310. The standard InChI is InChI=1S/C24H22Cl3N5O4S/c1-34-20-9-21(29-12-28-20)35-10-22(33)32-4-2-13(3-5-32)24-30-18(11-37-24)17-8-19(36-31-17)23-15(26)6-14(25)7-16(23)27/h6-7,9,11-13,19H,2-5,8,10H2,1H3. The molecule has 1 aromatic carbocycles. The number of hydrogen-bond acceptors (Lipinski definition) is 9. The highest BCUT2D eigenvalue weighted by atomic mass is 35.5. The lowest BCUT2D eigenvalue weighted by Crippen LogP contribution is -2.40. The number of halogens is 3. The zero-order valence-electron chi connectivity index (χ0n) is 19.7. The molecule has 0 bridgehead atoms. The topological polar surface area (TPSA) is 99.0 Å². The number of methoxy groups -OCH3 is 1. The summed E-state index contributed by atoms with van der Waals surface area (Å²) in [4.78, 5) is 32.8. The number of ether oxygens (including phenoxy) is 2. The third-order valence-electron chi connectivity index (χ3n) is 6.22. The van der Waals surface area contributed by atoms with Crippen LogP contribution < -0.4 is 9.47 Å². The molecule has 0 saturated carbocycles. The Hall–Kier alpha value is -2.66. The maximum absolute atomic E-state index is 12.6. The minimum Gasteiger partial charge on any atom is -0.481 e. The Labute approximate surface area is 232 Å². The molecular formula is C24H22Cl3N5O4S. The molecule has 1 amide bonds. The molecular weight excluding hydrogens is 561 g/mol. The molecule has 194 valence electrons. The zero-order valence-corrected chi connectivity index (χ0v) is 22.8. The van der Waals surface area contributed by atoms with Crippen LogP contribution in [-0.4, -0.2) is 58.3 Å². The second-order valence-electron chi connectivity index (χ2n) is 8.53. The number of hydrogen-bond donors (Lipinski definition) is 0. The van der Waals surface area contributed by atoms with Gasteiger partial charge in [-0.25, -0.2) is 15.0 Å². The predicted octanol–water partition coefficient (Wildman–Crippen LogP) is 5.55. The monoisotopic (exact) mass is 581 g/mol. The van der Waals surface area contributed by atoms with Crippen LogP contribution in [0.3, 0.4) is 0 Å². The van der Waals surface area contributed by atoms with E-state index in [9.17, 15) is 4.79 Å². The van der Waals surface area contributed by atoms with Crippen molar-refractivity contribution in [3.63, 3.8) is 0 Å².